The topological polar surface area (TPSA) is 138 Å². The molecule has 8 heteroatoms. The van der Waals surface area contributed by atoms with Crippen LogP contribution in [-0.4, -0.2) is 33.6 Å². The van der Waals surface area contributed by atoms with Crippen molar-refractivity contribution in [1.29, 1.82) is 0 Å². The highest BCUT2D eigenvalue weighted by molar-refractivity contribution is 5.96. The van der Waals surface area contributed by atoms with Crippen LogP contribution in [-0.2, 0) is 4.79 Å². The Morgan fingerprint density at radius 2 is 1.82 bits per heavy atom. The van der Waals surface area contributed by atoms with Crippen LogP contribution in [0, 0.1) is 0 Å². The molecule has 6 N–H and O–H groups in total. The molecule has 0 bridgehead atoms. The fourth-order valence-electron chi connectivity index (χ4n) is 1.64. The van der Waals surface area contributed by atoms with Gasteiger partial charge in [-0.1, -0.05) is 0 Å². The molecular weight excluding hydrogens is 288 g/mol. The van der Waals surface area contributed by atoms with Crippen LogP contribution in [0.1, 0.15) is 10.5 Å². The maximum atomic E-state index is 11.8. The molecule has 114 valence electrons. The maximum absolute atomic E-state index is 11.8. The van der Waals surface area contributed by atoms with Gasteiger partial charge in [0.05, 0.1) is 0 Å². The number of carboxylic acid groups (broad SMARTS) is 1. The number of anilines is 3. The van der Waals surface area contributed by atoms with Crippen molar-refractivity contribution in [2.75, 3.05) is 17.6 Å². The molecule has 0 radical (unpaired) electrons. The van der Waals surface area contributed by atoms with Crippen LogP contribution in [0.4, 0.5) is 17.2 Å². The lowest BCUT2D eigenvalue weighted by Gasteiger charge is -2.09. The summed E-state index contributed by atoms with van der Waals surface area (Å²) in [5, 5.41) is 23.3. The normalized spacial score (nSPS) is 10.0. The molecule has 0 saturated carbocycles. The molecule has 0 fully saturated rings. The van der Waals surface area contributed by atoms with Gasteiger partial charge in [-0.2, -0.15) is 0 Å². The second-order valence-corrected chi connectivity index (χ2v) is 4.39. The summed E-state index contributed by atoms with van der Waals surface area (Å²) < 4.78 is 0. The van der Waals surface area contributed by atoms with Crippen LogP contribution in [0.5, 0.6) is 5.75 Å². The van der Waals surface area contributed by atoms with E-state index in [-0.39, 0.29) is 11.4 Å². The van der Waals surface area contributed by atoms with E-state index < -0.39 is 18.4 Å². The van der Waals surface area contributed by atoms with Crippen LogP contribution in [0.2, 0.25) is 0 Å². The number of amides is 1. The highest BCUT2D eigenvalue weighted by Crippen LogP contribution is 2.21. The zero-order chi connectivity index (χ0) is 16.1. The average molecular weight is 302 g/mol. The van der Waals surface area contributed by atoms with E-state index in [2.05, 4.69) is 15.6 Å². The van der Waals surface area contributed by atoms with Crippen LogP contribution in [0.3, 0.4) is 0 Å². The summed E-state index contributed by atoms with van der Waals surface area (Å²) in [7, 11) is 0. The van der Waals surface area contributed by atoms with E-state index in [0.29, 0.717) is 17.2 Å². The Hall–Kier alpha value is -3.29. The Balaban J connectivity index is 2.17. The van der Waals surface area contributed by atoms with Crippen LogP contribution < -0.4 is 16.4 Å². The number of aliphatic carboxylic acids is 1. The van der Waals surface area contributed by atoms with Crippen LogP contribution in [0.15, 0.2) is 36.4 Å². The molecule has 1 heterocycles. The van der Waals surface area contributed by atoms with E-state index in [1.807, 2.05) is 0 Å². The maximum Gasteiger partial charge on any atom is 0.322 e. The standard InChI is InChI=1S/C14H14N4O4/c15-8-1-3-9(4-2-8)17-11-6-5-10(19)13(18-11)14(22)16-7-12(20)21/h1-6,19H,7,15H2,(H,16,22)(H,17,18)(H,20,21). The number of nitrogens with two attached hydrogens (primary N) is 1. The molecule has 2 rings (SSSR count). The van der Waals surface area contributed by atoms with Gasteiger partial charge in [-0.25, -0.2) is 4.98 Å². The summed E-state index contributed by atoms with van der Waals surface area (Å²) in [4.78, 5) is 26.2. The third-order valence-electron chi connectivity index (χ3n) is 2.67. The van der Waals surface area contributed by atoms with Gasteiger partial charge in [-0.15, -0.1) is 0 Å². The monoisotopic (exact) mass is 302 g/mol. The third kappa shape index (κ3) is 3.85. The number of hydrogen-bond acceptors (Lipinski definition) is 6. The second kappa shape index (κ2) is 6.44. The molecular formula is C14H14N4O4. The predicted octanol–water partition coefficient (Wildman–Crippen LogP) is 0.927. The first-order valence-corrected chi connectivity index (χ1v) is 6.28. The van der Waals surface area contributed by atoms with Gasteiger partial charge in [0.2, 0.25) is 0 Å². The number of pyridine rings is 1. The first-order valence-electron chi connectivity index (χ1n) is 6.28. The van der Waals surface area contributed by atoms with E-state index in [4.69, 9.17) is 10.8 Å². The molecule has 22 heavy (non-hydrogen) atoms. The Morgan fingerprint density at radius 1 is 1.14 bits per heavy atom. The number of benzene rings is 1. The second-order valence-electron chi connectivity index (χ2n) is 4.39. The van der Waals surface area contributed by atoms with Crippen LogP contribution >= 0.6 is 0 Å². The van der Waals surface area contributed by atoms with Crippen molar-refractivity contribution in [3.05, 3.63) is 42.1 Å². The number of carboxylic acids is 1. The fraction of sp³-hybridized carbons (Fsp3) is 0.0714. The van der Waals surface area contributed by atoms with Crippen molar-refractivity contribution in [1.82, 2.24) is 10.3 Å². The summed E-state index contributed by atoms with van der Waals surface area (Å²) in [6.07, 6.45) is 0. The van der Waals surface area contributed by atoms with Crippen molar-refractivity contribution in [2.45, 2.75) is 0 Å². The number of nitrogens with zero attached hydrogens (tertiary/aromatic N) is 1. The molecule has 0 atom stereocenters. The lowest BCUT2D eigenvalue weighted by molar-refractivity contribution is -0.135. The number of carbonyl (C=O) groups excluding carboxylic acids is 1. The summed E-state index contributed by atoms with van der Waals surface area (Å²) >= 11 is 0. The Kier molecular flexibility index (Phi) is 4.42. The molecule has 1 amide bonds. The van der Waals surface area contributed by atoms with Gasteiger partial charge < -0.3 is 26.6 Å². The molecule has 1 aromatic heterocycles. The van der Waals surface area contributed by atoms with E-state index >= 15 is 0 Å². The van der Waals surface area contributed by atoms with Gasteiger partial charge in [0.25, 0.3) is 5.91 Å². The average Bonchev–Trinajstić information content (AvgIpc) is 2.49. The van der Waals surface area contributed by atoms with Crippen molar-refractivity contribution in [3.8, 4) is 5.75 Å². The van der Waals surface area contributed by atoms with Gasteiger partial charge >= 0.3 is 5.97 Å². The Morgan fingerprint density at radius 3 is 2.45 bits per heavy atom. The number of aromatic nitrogens is 1. The molecule has 0 saturated heterocycles. The number of nitrogen functional groups attached to an aromatic ring is 1. The molecule has 2 aromatic rings. The number of hydrogen-bond donors (Lipinski definition) is 5. The van der Waals surface area contributed by atoms with E-state index in [9.17, 15) is 14.7 Å². The molecule has 0 aliphatic rings. The fourth-order valence-corrected chi connectivity index (χ4v) is 1.64. The molecule has 0 aliphatic carbocycles. The van der Waals surface area contributed by atoms with E-state index in [0.717, 1.165) is 0 Å². The predicted molar refractivity (Wildman–Crippen MR) is 80.0 cm³/mol. The van der Waals surface area contributed by atoms with Crippen molar-refractivity contribution < 1.29 is 19.8 Å². The van der Waals surface area contributed by atoms with Gasteiger partial charge in [-0.05, 0) is 36.4 Å². The zero-order valence-electron chi connectivity index (χ0n) is 11.4. The smallest absolute Gasteiger partial charge is 0.322 e. The summed E-state index contributed by atoms with van der Waals surface area (Å²) in [5.74, 6) is -1.99. The number of nitrogens with one attached hydrogen (secondary N) is 2. The van der Waals surface area contributed by atoms with E-state index in [1.165, 1.54) is 12.1 Å². The third-order valence-corrected chi connectivity index (χ3v) is 2.67. The largest absolute Gasteiger partial charge is 0.505 e. The minimum Gasteiger partial charge on any atom is -0.505 e. The van der Waals surface area contributed by atoms with Crippen molar-refractivity contribution in [2.24, 2.45) is 0 Å². The first kappa shape index (κ1) is 15.1. The molecule has 0 aliphatic heterocycles. The van der Waals surface area contributed by atoms with Gasteiger partial charge in [0, 0.05) is 11.4 Å². The van der Waals surface area contributed by atoms with Gasteiger partial charge in [0.1, 0.15) is 18.1 Å². The van der Waals surface area contributed by atoms with Crippen LogP contribution in [0.25, 0.3) is 0 Å². The molecule has 1 aromatic carbocycles. The minimum absolute atomic E-state index is 0.262. The highest BCUT2D eigenvalue weighted by Gasteiger charge is 2.14. The summed E-state index contributed by atoms with van der Waals surface area (Å²) in [6, 6.07) is 9.64. The molecule has 0 spiro atoms. The molecule has 8 nitrogen and oxygen atoms in total. The van der Waals surface area contributed by atoms with Crippen molar-refractivity contribution in [3.63, 3.8) is 0 Å². The lowest BCUT2D eigenvalue weighted by atomic mass is 10.2. The SMILES string of the molecule is Nc1ccc(Nc2ccc(O)c(C(=O)NCC(=O)O)n2)cc1. The quantitative estimate of drug-likeness (QED) is 0.518. The van der Waals surface area contributed by atoms with E-state index in [1.54, 1.807) is 24.3 Å². The highest BCUT2D eigenvalue weighted by atomic mass is 16.4. The minimum atomic E-state index is -1.19. The van der Waals surface area contributed by atoms with Crippen molar-refractivity contribution >= 4 is 29.1 Å². The number of aromatic hydroxyl groups is 1. The zero-order valence-corrected chi connectivity index (χ0v) is 11.4. The van der Waals surface area contributed by atoms with Gasteiger partial charge in [-0.3, -0.25) is 9.59 Å². The lowest BCUT2D eigenvalue weighted by Crippen LogP contribution is -2.30. The molecule has 0 unspecified atom stereocenters. The van der Waals surface area contributed by atoms with Gasteiger partial charge in [0.15, 0.2) is 5.69 Å². The summed E-state index contributed by atoms with van der Waals surface area (Å²) in [5.41, 5.74) is 6.63. The Bertz CT molecular complexity index is 700. The Labute approximate surface area is 125 Å². The number of carbonyl (C=O) groups is 2. The number of rotatable bonds is 5. The first-order chi connectivity index (χ1) is 10.5. The summed E-state index contributed by atoms with van der Waals surface area (Å²) in [6.45, 7) is -0.560.